The highest BCUT2D eigenvalue weighted by Crippen LogP contribution is 2.31. The molecule has 1 aromatic rings. The molecule has 0 spiro atoms. The number of hydrogen-bond acceptors (Lipinski definition) is 2. The molecule has 2 aliphatic rings. The van der Waals surface area contributed by atoms with Crippen LogP contribution in [0.2, 0.25) is 0 Å². The van der Waals surface area contributed by atoms with Crippen LogP contribution in [0.4, 0.5) is 13.2 Å². The van der Waals surface area contributed by atoms with Gasteiger partial charge >= 0.3 is 6.18 Å². The molecule has 0 aliphatic carbocycles. The summed E-state index contributed by atoms with van der Waals surface area (Å²) < 4.78 is 38.2. The summed E-state index contributed by atoms with van der Waals surface area (Å²) >= 11 is 0. The van der Waals surface area contributed by atoms with Crippen LogP contribution in [-0.2, 0) is 12.7 Å². The van der Waals surface area contributed by atoms with E-state index in [0.717, 1.165) is 24.5 Å². The highest BCUT2D eigenvalue weighted by Gasteiger charge is 2.35. The molecule has 0 radical (unpaired) electrons. The maximum atomic E-state index is 12.7. The minimum absolute atomic E-state index is 0.471. The van der Waals surface area contributed by atoms with Gasteiger partial charge in [0.15, 0.2) is 0 Å². The Kier molecular flexibility index (Phi) is 3.97. The van der Waals surface area contributed by atoms with Crippen LogP contribution in [0.25, 0.3) is 0 Å². The van der Waals surface area contributed by atoms with Crippen LogP contribution in [0, 0.1) is 0 Å². The molecule has 2 nitrogen and oxygen atoms in total. The van der Waals surface area contributed by atoms with Gasteiger partial charge in [0.2, 0.25) is 0 Å². The second kappa shape index (κ2) is 5.61. The molecule has 2 saturated heterocycles. The summed E-state index contributed by atoms with van der Waals surface area (Å²) in [6.45, 7) is 0.577. The Labute approximate surface area is 123 Å². The third-order valence-electron chi connectivity index (χ3n) is 4.76. The van der Waals surface area contributed by atoms with E-state index in [1.165, 1.54) is 25.0 Å². The van der Waals surface area contributed by atoms with Gasteiger partial charge in [-0.15, -0.1) is 0 Å². The fourth-order valence-corrected chi connectivity index (χ4v) is 3.65. The van der Waals surface area contributed by atoms with Crippen LogP contribution in [0.15, 0.2) is 24.3 Å². The van der Waals surface area contributed by atoms with E-state index in [0.29, 0.717) is 24.7 Å². The third-order valence-corrected chi connectivity index (χ3v) is 4.76. The minimum atomic E-state index is -4.26. The van der Waals surface area contributed by atoms with Gasteiger partial charge in [0, 0.05) is 24.7 Å². The van der Waals surface area contributed by atoms with Gasteiger partial charge in [-0.2, -0.15) is 13.2 Å². The maximum Gasteiger partial charge on any atom is 0.416 e. The summed E-state index contributed by atoms with van der Waals surface area (Å²) in [6, 6.07) is 7.34. The zero-order valence-electron chi connectivity index (χ0n) is 12.2. The van der Waals surface area contributed by atoms with Crippen molar-refractivity contribution in [3.05, 3.63) is 35.4 Å². The molecular formula is C16H21F3N2. The molecule has 116 valence electrons. The van der Waals surface area contributed by atoms with Crippen molar-refractivity contribution in [3.63, 3.8) is 0 Å². The van der Waals surface area contributed by atoms with Crippen LogP contribution < -0.4 is 5.32 Å². The third kappa shape index (κ3) is 3.40. The molecule has 2 heterocycles. The molecule has 0 aromatic heterocycles. The lowest BCUT2D eigenvalue weighted by molar-refractivity contribution is -0.137. The topological polar surface area (TPSA) is 15.3 Å². The smallest absolute Gasteiger partial charge is 0.311 e. The SMILES string of the molecule is CN(Cc1cccc(C(F)(F)F)c1)C1CC2CCC(C1)N2. The van der Waals surface area contributed by atoms with Gasteiger partial charge in [0.05, 0.1) is 5.56 Å². The van der Waals surface area contributed by atoms with E-state index in [9.17, 15) is 13.2 Å². The fourth-order valence-electron chi connectivity index (χ4n) is 3.65. The first-order valence-electron chi connectivity index (χ1n) is 7.54. The van der Waals surface area contributed by atoms with Gasteiger partial charge < -0.3 is 5.32 Å². The Hall–Kier alpha value is -1.07. The Balaban J connectivity index is 1.66. The molecule has 2 aliphatic heterocycles. The van der Waals surface area contributed by atoms with Crippen LogP contribution in [0.3, 0.4) is 0 Å². The predicted molar refractivity (Wildman–Crippen MR) is 75.9 cm³/mol. The van der Waals surface area contributed by atoms with Gasteiger partial charge in [0.1, 0.15) is 0 Å². The highest BCUT2D eigenvalue weighted by molar-refractivity contribution is 5.25. The van der Waals surface area contributed by atoms with E-state index in [-0.39, 0.29) is 0 Å². The van der Waals surface area contributed by atoms with Gasteiger partial charge in [-0.25, -0.2) is 0 Å². The average Bonchev–Trinajstić information content (AvgIpc) is 2.76. The minimum Gasteiger partial charge on any atom is -0.311 e. The highest BCUT2D eigenvalue weighted by atomic mass is 19.4. The summed E-state index contributed by atoms with van der Waals surface area (Å²) in [6.07, 6.45) is 0.414. The van der Waals surface area contributed by atoms with E-state index < -0.39 is 11.7 Å². The van der Waals surface area contributed by atoms with Gasteiger partial charge in [-0.3, -0.25) is 4.90 Å². The molecular weight excluding hydrogens is 277 g/mol. The van der Waals surface area contributed by atoms with E-state index in [1.807, 2.05) is 7.05 Å². The lowest BCUT2D eigenvalue weighted by Gasteiger charge is -2.35. The van der Waals surface area contributed by atoms with Crippen molar-refractivity contribution in [2.24, 2.45) is 0 Å². The molecule has 2 atom stereocenters. The summed E-state index contributed by atoms with van der Waals surface area (Å²) in [4.78, 5) is 2.21. The van der Waals surface area contributed by atoms with Crippen molar-refractivity contribution in [1.29, 1.82) is 0 Å². The number of piperidine rings is 1. The van der Waals surface area contributed by atoms with Crippen LogP contribution in [0.5, 0.6) is 0 Å². The number of nitrogens with one attached hydrogen (secondary N) is 1. The van der Waals surface area contributed by atoms with Crippen molar-refractivity contribution in [2.45, 2.75) is 56.5 Å². The lowest BCUT2D eigenvalue weighted by Crippen LogP contribution is -2.46. The fraction of sp³-hybridized carbons (Fsp3) is 0.625. The molecule has 1 aromatic carbocycles. The Morgan fingerprint density at radius 3 is 2.48 bits per heavy atom. The normalized spacial score (nSPS) is 29.1. The van der Waals surface area contributed by atoms with E-state index in [1.54, 1.807) is 6.07 Å². The second-order valence-electron chi connectivity index (χ2n) is 6.38. The van der Waals surface area contributed by atoms with E-state index in [4.69, 9.17) is 0 Å². The lowest BCUT2D eigenvalue weighted by atomic mass is 9.98. The standard InChI is InChI=1S/C16H21F3N2/c1-21(15-8-13-5-6-14(9-15)20-13)10-11-3-2-4-12(7-11)16(17,18)19/h2-4,7,13-15,20H,5-6,8-10H2,1H3. The summed E-state index contributed by atoms with van der Waals surface area (Å²) in [7, 11) is 2.02. The summed E-state index contributed by atoms with van der Waals surface area (Å²) in [5.74, 6) is 0. The molecule has 2 unspecified atom stereocenters. The van der Waals surface area contributed by atoms with Crippen LogP contribution >= 0.6 is 0 Å². The number of nitrogens with zero attached hydrogens (tertiary/aromatic N) is 1. The van der Waals surface area contributed by atoms with Crippen molar-refractivity contribution >= 4 is 0 Å². The number of alkyl halides is 3. The first-order chi connectivity index (χ1) is 9.91. The molecule has 0 saturated carbocycles. The molecule has 3 rings (SSSR count). The van der Waals surface area contributed by atoms with Crippen molar-refractivity contribution < 1.29 is 13.2 Å². The largest absolute Gasteiger partial charge is 0.416 e. The molecule has 0 amide bonds. The predicted octanol–water partition coefficient (Wildman–Crippen LogP) is 3.42. The number of halogens is 3. The quantitative estimate of drug-likeness (QED) is 0.920. The number of fused-ring (bicyclic) bond motifs is 2. The Bertz CT molecular complexity index is 489. The number of rotatable bonds is 3. The molecule has 21 heavy (non-hydrogen) atoms. The van der Waals surface area contributed by atoms with Gasteiger partial charge in [-0.1, -0.05) is 18.2 Å². The Morgan fingerprint density at radius 1 is 1.19 bits per heavy atom. The maximum absolute atomic E-state index is 12.7. The molecule has 5 heteroatoms. The zero-order chi connectivity index (χ0) is 15.0. The van der Waals surface area contributed by atoms with Crippen LogP contribution in [0.1, 0.15) is 36.8 Å². The number of benzene rings is 1. The van der Waals surface area contributed by atoms with E-state index in [2.05, 4.69) is 10.2 Å². The molecule has 2 bridgehead atoms. The van der Waals surface area contributed by atoms with Crippen molar-refractivity contribution in [3.8, 4) is 0 Å². The van der Waals surface area contributed by atoms with Gasteiger partial charge in [-0.05, 0) is 44.4 Å². The summed E-state index contributed by atoms with van der Waals surface area (Å²) in [5, 5.41) is 3.59. The average molecular weight is 298 g/mol. The van der Waals surface area contributed by atoms with Crippen molar-refractivity contribution in [2.75, 3.05) is 7.05 Å². The first-order valence-corrected chi connectivity index (χ1v) is 7.54. The van der Waals surface area contributed by atoms with Crippen molar-refractivity contribution in [1.82, 2.24) is 10.2 Å². The molecule has 2 fully saturated rings. The van der Waals surface area contributed by atoms with E-state index >= 15 is 0 Å². The second-order valence-corrected chi connectivity index (χ2v) is 6.38. The first kappa shape index (κ1) is 14.9. The van der Waals surface area contributed by atoms with Crippen LogP contribution in [-0.4, -0.2) is 30.1 Å². The van der Waals surface area contributed by atoms with Gasteiger partial charge in [0.25, 0.3) is 0 Å². The zero-order valence-corrected chi connectivity index (χ0v) is 12.2. The monoisotopic (exact) mass is 298 g/mol. The molecule has 1 N–H and O–H groups in total. The summed E-state index contributed by atoms with van der Waals surface area (Å²) in [5.41, 5.74) is 0.178. The number of hydrogen-bond donors (Lipinski definition) is 1. The Morgan fingerprint density at radius 2 is 1.86 bits per heavy atom.